The third kappa shape index (κ3) is 5.34. The van der Waals surface area contributed by atoms with Gasteiger partial charge in [0.2, 0.25) is 0 Å². The van der Waals surface area contributed by atoms with Crippen molar-refractivity contribution in [2.24, 2.45) is 5.92 Å². The molecule has 0 spiro atoms. The molecule has 4 nitrogen and oxygen atoms in total. The van der Waals surface area contributed by atoms with Gasteiger partial charge in [0.15, 0.2) is 6.61 Å². The van der Waals surface area contributed by atoms with E-state index in [0.717, 1.165) is 25.7 Å². The van der Waals surface area contributed by atoms with Gasteiger partial charge in [-0.05, 0) is 43.0 Å². The maximum atomic E-state index is 12.7. The summed E-state index contributed by atoms with van der Waals surface area (Å²) in [5, 5.41) is 12.7. The van der Waals surface area contributed by atoms with Crippen LogP contribution in [0.25, 0.3) is 0 Å². The molecule has 0 radical (unpaired) electrons. The minimum atomic E-state index is -0.486. The van der Waals surface area contributed by atoms with Crippen LogP contribution in [0.1, 0.15) is 32.1 Å². The monoisotopic (exact) mass is 295 g/mol. The van der Waals surface area contributed by atoms with E-state index in [1.807, 2.05) is 0 Å². The standard InChI is InChI=1S/C16H22FNO3/c17-13-6-8-14(9-7-13)21-11-16(20)18-10-15(19)12-4-2-1-3-5-12/h6-9,12,15,19H,1-5,10-11H2,(H,18,20). The van der Waals surface area contributed by atoms with E-state index in [1.165, 1.54) is 30.7 Å². The van der Waals surface area contributed by atoms with Crippen molar-refractivity contribution < 1.29 is 19.0 Å². The van der Waals surface area contributed by atoms with Crippen molar-refractivity contribution in [3.05, 3.63) is 30.1 Å². The maximum absolute atomic E-state index is 12.7. The first-order chi connectivity index (χ1) is 10.1. The Balaban J connectivity index is 1.66. The highest BCUT2D eigenvalue weighted by molar-refractivity contribution is 5.77. The van der Waals surface area contributed by atoms with E-state index in [4.69, 9.17) is 4.74 Å². The number of hydrogen-bond acceptors (Lipinski definition) is 3. The molecule has 2 rings (SSSR count). The molecule has 0 aliphatic heterocycles. The molecule has 1 aromatic carbocycles. The highest BCUT2D eigenvalue weighted by Crippen LogP contribution is 2.26. The van der Waals surface area contributed by atoms with Crippen molar-refractivity contribution in [2.45, 2.75) is 38.2 Å². The topological polar surface area (TPSA) is 58.6 Å². The molecule has 5 heteroatoms. The maximum Gasteiger partial charge on any atom is 0.258 e. The van der Waals surface area contributed by atoms with Crippen LogP contribution in [0.3, 0.4) is 0 Å². The van der Waals surface area contributed by atoms with Crippen molar-refractivity contribution in [3.63, 3.8) is 0 Å². The van der Waals surface area contributed by atoms with Gasteiger partial charge in [-0.2, -0.15) is 0 Å². The average Bonchev–Trinajstić information content (AvgIpc) is 2.53. The number of amides is 1. The van der Waals surface area contributed by atoms with Gasteiger partial charge in [-0.25, -0.2) is 4.39 Å². The molecule has 1 saturated carbocycles. The van der Waals surface area contributed by atoms with Crippen molar-refractivity contribution in [1.82, 2.24) is 5.32 Å². The van der Waals surface area contributed by atoms with Gasteiger partial charge in [-0.15, -0.1) is 0 Å². The Labute approximate surface area is 124 Å². The van der Waals surface area contributed by atoms with Crippen molar-refractivity contribution in [1.29, 1.82) is 0 Å². The molecule has 21 heavy (non-hydrogen) atoms. The molecule has 1 aliphatic carbocycles. The predicted octanol–water partition coefficient (Wildman–Crippen LogP) is 2.26. The lowest BCUT2D eigenvalue weighted by Gasteiger charge is -2.26. The number of carbonyl (C=O) groups is 1. The zero-order chi connectivity index (χ0) is 15.1. The Morgan fingerprint density at radius 2 is 1.95 bits per heavy atom. The minimum Gasteiger partial charge on any atom is -0.484 e. The third-order valence-electron chi connectivity index (χ3n) is 3.89. The third-order valence-corrected chi connectivity index (χ3v) is 3.89. The summed E-state index contributed by atoms with van der Waals surface area (Å²) in [4.78, 5) is 11.6. The number of rotatable bonds is 6. The van der Waals surface area contributed by atoms with Crippen LogP contribution in [-0.4, -0.2) is 30.3 Å². The smallest absolute Gasteiger partial charge is 0.258 e. The van der Waals surface area contributed by atoms with Crippen molar-refractivity contribution in [3.8, 4) is 5.75 Å². The highest BCUT2D eigenvalue weighted by Gasteiger charge is 2.21. The molecule has 0 heterocycles. The number of halogens is 1. The van der Waals surface area contributed by atoms with Gasteiger partial charge in [-0.3, -0.25) is 4.79 Å². The molecule has 0 aromatic heterocycles. The van der Waals surface area contributed by atoms with Crippen LogP contribution in [0, 0.1) is 11.7 Å². The molecule has 0 saturated heterocycles. The summed E-state index contributed by atoms with van der Waals surface area (Å²) in [5.74, 6) is 0.105. The largest absolute Gasteiger partial charge is 0.484 e. The van der Waals surface area contributed by atoms with Gasteiger partial charge >= 0.3 is 0 Å². The number of carbonyl (C=O) groups excluding carboxylic acids is 1. The second-order valence-electron chi connectivity index (χ2n) is 5.51. The van der Waals surface area contributed by atoms with Gasteiger partial charge in [-0.1, -0.05) is 19.3 Å². The molecule has 1 aromatic rings. The van der Waals surface area contributed by atoms with Crippen LogP contribution in [-0.2, 0) is 4.79 Å². The molecule has 1 amide bonds. The van der Waals surface area contributed by atoms with E-state index in [9.17, 15) is 14.3 Å². The van der Waals surface area contributed by atoms with Crippen LogP contribution in [0.2, 0.25) is 0 Å². The molecular formula is C16H22FNO3. The van der Waals surface area contributed by atoms with E-state index in [-0.39, 0.29) is 30.8 Å². The molecule has 116 valence electrons. The fourth-order valence-electron chi connectivity index (χ4n) is 2.63. The lowest BCUT2D eigenvalue weighted by molar-refractivity contribution is -0.123. The summed E-state index contributed by atoms with van der Waals surface area (Å²) in [6.07, 6.45) is 5.13. The summed E-state index contributed by atoms with van der Waals surface area (Å²) in [7, 11) is 0. The van der Waals surface area contributed by atoms with Crippen LogP contribution >= 0.6 is 0 Å². The van der Waals surface area contributed by atoms with E-state index in [1.54, 1.807) is 0 Å². The zero-order valence-corrected chi connectivity index (χ0v) is 12.1. The quantitative estimate of drug-likeness (QED) is 0.846. The second-order valence-corrected chi connectivity index (χ2v) is 5.51. The number of ether oxygens (including phenoxy) is 1. The summed E-state index contributed by atoms with van der Waals surface area (Å²) >= 11 is 0. The molecule has 2 N–H and O–H groups in total. The van der Waals surface area contributed by atoms with Crippen molar-refractivity contribution in [2.75, 3.05) is 13.2 Å². The number of hydrogen-bond donors (Lipinski definition) is 2. The van der Waals surface area contributed by atoms with E-state index in [2.05, 4.69) is 5.32 Å². The number of aliphatic hydroxyl groups excluding tert-OH is 1. The molecule has 1 atom stereocenters. The Morgan fingerprint density at radius 1 is 1.29 bits per heavy atom. The Hall–Kier alpha value is -1.62. The van der Waals surface area contributed by atoms with Gasteiger partial charge in [0.25, 0.3) is 5.91 Å². The molecular weight excluding hydrogens is 273 g/mol. The molecule has 0 bridgehead atoms. The first-order valence-corrected chi connectivity index (χ1v) is 7.48. The van der Waals surface area contributed by atoms with E-state index >= 15 is 0 Å². The predicted molar refractivity (Wildman–Crippen MR) is 77.5 cm³/mol. The fourth-order valence-corrected chi connectivity index (χ4v) is 2.63. The van der Waals surface area contributed by atoms with Crippen LogP contribution in [0.4, 0.5) is 4.39 Å². The van der Waals surface area contributed by atoms with Crippen LogP contribution in [0.15, 0.2) is 24.3 Å². The Bertz CT molecular complexity index is 443. The number of nitrogens with one attached hydrogen (secondary N) is 1. The van der Waals surface area contributed by atoms with Gasteiger partial charge in [0.1, 0.15) is 11.6 Å². The zero-order valence-electron chi connectivity index (χ0n) is 12.1. The highest BCUT2D eigenvalue weighted by atomic mass is 19.1. The van der Waals surface area contributed by atoms with Gasteiger partial charge < -0.3 is 15.2 Å². The summed E-state index contributed by atoms with van der Waals surface area (Å²) < 4.78 is 17.9. The normalized spacial score (nSPS) is 17.2. The summed E-state index contributed by atoms with van der Waals surface area (Å²) in [5.41, 5.74) is 0. The Morgan fingerprint density at radius 3 is 2.62 bits per heavy atom. The van der Waals surface area contributed by atoms with E-state index in [0.29, 0.717) is 5.75 Å². The lowest BCUT2D eigenvalue weighted by Crippen LogP contribution is -2.39. The lowest BCUT2D eigenvalue weighted by atomic mass is 9.85. The first kappa shape index (κ1) is 15.8. The van der Waals surface area contributed by atoms with E-state index < -0.39 is 6.10 Å². The summed E-state index contributed by atoms with van der Waals surface area (Å²) in [6, 6.07) is 5.50. The van der Waals surface area contributed by atoms with Crippen LogP contribution < -0.4 is 10.1 Å². The average molecular weight is 295 g/mol. The van der Waals surface area contributed by atoms with Crippen LogP contribution in [0.5, 0.6) is 5.75 Å². The minimum absolute atomic E-state index is 0.136. The SMILES string of the molecule is O=C(COc1ccc(F)cc1)NCC(O)C1CCCCC1. The molecule has 1 fully saturated rings. The first-order valence-electron chi connectivity index (χ1n) is 7.48. The van der Waals surface area contributed by atoms with Gasteiger partial charge in [0, 0.05) is 6.54 Å². The molecule has 1 aliphatic rings. The van der Waals surface area contributed by atoms with Crippen molar-refractivity contribution >= 4 is 5.91 Å². The number of benzene rings is 1. The molecule has 1 unspecified atom stereocenters. The number of aliphatic hydroxyl groups is 1. The summed E-state index contributed by atoms with van der Waals surface area (Å²) in [6.45, 7) is 0.124. The Kier molecular flexibility index (Phi) is 5.99. The second kappa shape index (κ2) is 7.98. The fraction of sp³-hybridized carbons (Fsp3) is 0.562. The van der Waals surface area contributed by atoms with Gasteiger partial charge in [0.05, 0.1) is 6.10 Å².